The minimum absolute atomic E-state index is 0.0406. The van der Waals surface area contributed by atoms with Crippen molar-refractivity contribution < 1.29 is 14.3 Å². The molecule has 21 heavy (non-hydrogen) atoms. The summed E-state index contributed by atoms with van der Waals surface area (Å²) in [5.74, 6) is -0.724. The number of nitrogens with one attached hydrogen (secondary N) is 1. The number of phenols is 1. The number of aromatic hydroxyl groups is 1. The second-order valence-electron chi connectivity index (χ2n) is 4.55. The summed E-state index contributed by atoms with van der Waals surface area (Å²) >= 11 is 3.16. The fraction of sp³-hybridized carbons (Fsp3) is 0.133. The molecule has 2 aromatic carbocycles. The van der Waals surface area contributed by atoms with Gasteiger partial charge in [0.25, 0.3) is 0 Å². The van der Waals surface area contributed by atoms with E-state index in [1.54, 1.807) is 42.3 Å². The molecule has 4 nitrogen and oxygen atoms in total. The van der Waals surface area contributed by atoms with Gasteiger partial charge in [0.15, 0.2) is 0 Å². The van der Waals surface area contributed by atoms with Crippen molar-refractivity contribution >= 4 is 33.2 Å². The number of hydrogen-bond acceptors (Lipinski definition) is 3. The molecule has 0 heterocycles. The summed E-state index contributed by atoms with van der Waals surface area (Å²) in [5.41, 5.74) is 0.828. The third kappa shape index (κ3) is 4.19. The molecule has 0 atom stereocenters. The van der Waals surface area contributed by atoms with Crippen LogP contribution in [0.3, 0.4) is 0 Å². The number of amides is 1. The number of anilines is 2. The monoisotopic (exact) mass is 352 g/mol. The lowest BCUT2D eigenvalue weighted by molar-refractivity contribution is -0.114. The standard InChI is InChI=1S/C15H14BrFN2O2/c1-19(11-3-2-4-12(20)8-11)9-15(21)18-14-6-5-10(16)7-13(14)17/h2-8,20H,9H2,1H3,(H,18,21). The Hall–Kier alpha value is -2.08. The SMILES string of the molecule is CN(CC(=O)Nc1ccc(Br)cc1F)c1cccc(O)c1. The first-order valence-electron chi connectivity index (χ1n) is 6.21. The molecule has 0 spiro atoms. The topological polar surface area (TPSA) is 52.6 Å². The van der Waals surface area contributed by atoms with E-state index in [2.05, 4.69) is 21.2 Å². The Morgan fingerprint density at radius 1 is 1.33 bits per heavy atom. The Balaban J connectivity index is 2.01. The van der Waals surface area contributed by atoms with Crippen molar-refractivity contribution in [2.45, 2.75) is 0 Å². The van der Waals surface area contributed by atoms with Crippen LogP contribution in [0, 0.1) is 5.82 Å². The van der Waals surface area contributed by atoms with Crippen LogP contribution in [0.15, 0.2) is 46.9 Å². The fourth-order valence-electron chi connectivity index (χ4n) is 1.82. The second-order valence-corrected chi connectivity index (χ2v) is 5.46. The van der Waals surface area contributed by atoms with Gasteiger partial charge >= 0.3 is 0 Å². The maximum absolute atomic E-state index is 13.6. The average molecular weight is 353 g/mol. The molecule has 0 aliphatic carbocycles. The molecule has 0 saturated heterocycles. The Kier molecular flexibility index (Phi) is 4.80. The molecular formula is C15H14BrFN2O2. The van der Waals surface area contributed by atoms with Gasteiger partial charge in [0.1, 0.15) is 11.6 Å². The first-order valence-corrected chi connectivity index (χ1v) is 7.00. The smallest absolute Gasteiger partial charge is 0.243 e. The summed E-state index contributed by atoms with van der Waals surface area (Å²) in [7, 11) is 1.71. The maximum Gasteiger partial charge on any atom is 0.243 e. The van der Waals surface area contributed by atoms with Crippen molar-refractivity contribution in [3.05, 3.63) is 52.8 Å². The van der Waals surface area contributed by atoms with Crippen LogP contribution < -0.4 is 10.2 Å². The molecule has 0 bridgehead atoms. The highest BCUT2D eigenvalue weighted by Crippen LogP contribution is 2.20. The number of carbonyl (C=O) groups is 1. The van der Waals surface area contributed by atoms with Gasteiger partial charge in [-0.1, -0.05) is 22.0 Å². The van der Waals surface area contributed by atoms with Gasteiger partial charge in [0, 0.05) is 23.3 Å². The largest absolute Gasteiger partial charge is 0.508 e. The van der Waals surface area contributed by atoms with Gasteiger partial charge in [0.2, 0.25) is 5.91 Å². The van der Waals surface area contributed by atoms with Crippen LogP contribution in [0.2, 0.25) is 0 Å². The normalized spacial score (nSPS) is 10.2. The van der Waals surface area contributed by atoms with Crippen molar-refractivity contribution in [3.8, 4) is 5.75 Å². The number of rotatable bonds is 4. The molecule has 0 aliphatic rings. The van der Waals surface area contributed by atoms with E-state index in [4.69, 9.17) is 0 Å². The van der Waals surface area contributed by atoms with E-state index in [9.17, 15) is 14.3 Å². The highest BCUT2D eigenvalue weighted by molar-refractivity contribution is 9.10. The number of benzene rings is 2. The van der Waals surface area contributed by atoms with Gasteiger partial charge in [0.05, 0.1) is 12.2 Å². The second kappa shape index (κ2) is 6.58. The quantitative estimate of drug-likeness (QED) is 0.886. The molecule has 0 unspecified atom stereocenters. The van der Waals surface area contributed by atoms with Crippen molar-refractivity contribution in [2.75, 3.05) is 23.8 Å². The van der Waals surface area contributed by atoms with Crippen molar-refractivity contribution in [3.63, 3.8) is 0 Å². The molecule has 0 fully saturated rings. The van der Waals surface area contributed by atoms with E-state index in [0.29, 0.717) is 10.2 Å². The van der Waals surface area contributed by atoms with E-state index < -0.39 is 5.82 Å². The molecule has 0 aromatic heterocycles. The van der Waals surface area contributed by atoms with Gasteiger partial charge < -0.3 is 15.3 Å². The van der Waals surface area contributed by atoms with Crippen LogP contribution in [0.5, 0.6) is 5.75 Å². The van der Waals surface area contributed by atoms with Crippen LogP contribution in [0.1, 0.15) is 0 Å². The van der Waals surface area contributed by atoms with Gasteiger partial charge in [-0.2, -0.15) is 0 Å². The third-order valence-electron chi connectivity index (χ3n) is 2.86. The van der Waals surface area contributed by atoms with Crippen LogP contribution in [-0.2, 0) is 4.79 Å². The first-order chi connectivity index (χ1) is 9.95. The van der Waals surface area contributed by atoms with Gasteiger partial charge in [-0.05, 0) is 30.3 Å². The van der Waals surface area contributed by atoms with E-state index in [0.717, 1.165) is 0 Å². The van der Waals surface area contributed by atoms with Crippen molar-refractivity contribution in [1.29, 1.82) is 0 Å². The van der Waals surface area contributed by atoms with E-state index in [-0.39, 0.29) is 23.9 Å². The van der Waals surface area contributed by atoms with Gasteiger partial charge in [-0.3, -0.25) is 4.79 Å². The zero-order valence-corrected chi connectivity index (χ0v) is 12.9. The molecule has 2 aromatic rings. The minimum atomic E-state index is -0.502. The molecule has 1 amide bonds. The van der Waals surface area contributed by atoms with E-state index in [1.807, 2.05) is 0 Å². The van der Waals surface area contributed by atoms with Crippen LogP contribution in [-0.4, -0.2) is 24.6 Å². The summed E-state index contributed by atoms with van der Waals surface area (Å²) in [6, 6.07) is 11.0. The zero-order chi connectivity index (χ0) is 15.4. The lowest BCUT2D eigenvalue weighted by Gasteiger charge is -2.19. The summed E-state index contributed by atoms with van der Waals surface area (Å²) < 4.78 is 14.2. The van der Waals surface area contributed by atoms with Crippen molar-refractivity contribution in [2.24, 2.45) is 0 Å². The maximum atomic E-state index is 13.6. The lowest BCUT2D eigenvalue weighted by Crippen LogP contribution is -2.30. The number of likely N-dealkylation sites (N-methyl/N-ethyl adjacent to an activating group) is 1. The molecular weight excluding hydrogens is 339 g/mol. The van der Waals surface area contributed by atoms with Gasteiger partial charge in [-0.25, -0.2) is 4.39 Å². The number of hydrogen-bond donors (Lipinski definition) is 2. The van der Waals surface area contributed by atoms with E-state index >= 15 is 0 Å². The molecule has 0 saturated carbocycles. The molecule has 0 aliphatic heterocycles. The predicted molar refractivity (Wildman–Crippen MR) is 84.1 cm³/mol. The van der Waals surface area contributed by atoms with Crippen molar-refractivity contribution in [1.82, 2.24) is 0 Å². The lowest BCUT2D eigenvalue weighted by atomic mass is 10.2. The van der Waals surface area contributed by atoms with E-state index in [1.165, 1.54) is 12.1 Å². The average Bonchev–Trinajstić information content (AvgIpc) is 2.42. The van der Waals surface area contributed by atoms with Crippen LogP contribution in [0.25, 0.3) is 0 Å². The predicted octanol–water partition coefficient (Wildman–Crippen LogP) is 3.37. The molecule has 6 heteroatoms. The first kappa shape index (κ1) is 15.3. The number of nitrogens with zero attached hydrogens (tertiary/aromatic N) is 1. The molecule has 110 valence electrons. The number of carbonyl (C=O) groups excluding carboxylic acids is 1. The molecule has 2 N–H and O–H groups in total. The number of halogens is 2. The summed E-state index contributed by atoms with van der Waals surface area (Å²) in [4.78, 5) is 13.6. The fourth-order valence-corrected chi connectivity index (χ4v) is 2.15. The summed E-state index contributed by atoms with van der Waals surface area (Å²) in [6.07, 6.45) is 0. The highest BCUT2D eigenvalue weighted by atomic mass is 79.9. The Morgan fingerprint density at radius 3 is 2.76 bits per heavy atom. The van der Waals surface area contributed by atoms with Crippen LogP contribution >= 0.6 is 15.9 Å². The van der Waals surface area contributed by atoms with Gasteiger partial charge in [-0.15, -0.1) is 0 Å². The zero-order valence-electron chi connectivity index (χ0n) is 11.3. The Morgan fingerprint density at radius 2 is 2.10 bits per heavy atom. The third-order valence-corrected chi connectivity index (χ3v) is 3.35. The highest BCUT2D eigenvalue weighted by Gasteiger charge is 2.11. The summed E-state index contributed by atoms with van der Waals surface area (Å²) in [6.45, 7) is 0.0406. The Labute approximate surface area is 130 Å². The Bertz CT molecular complexity index is 664. The minimum Gasteiger partial charge on any atom is -0.508 e. The number of phenolic OH excluding ortho intramolecular Hbond substituents is 1. The van der Waals surface area contributed by atoms with Crippen LogP contribution in [0.4, 0.5) is 15.8 Å². The summed E-state index contributed by atoms with van der Waals surface area (Å²) in [5, 5.41) is 11.9. The molecule has 0 radical (unpaired) electrons. The molecule has 2 rings (SSSR count).